The van der Waals surface area contributed by atoms with Crippen molar-refractivity contribution in [3.05, 3.63) is 35.9 Å². The molecule has 2 fully saturated rings. The normalized spacial score (nSPS) is 32.4. The molecule has 1 aromatic carbocycles. The molecule has 1 aliphatic carbocycles. The predicted molar refractivity (Wildman–Crippen MR) is 76.6 cm³/mol. The number of benzene rings is 1. The van der Waals surface area contributed by atoms with Gasteiger partial charge in [-0.05, 0) is 52.2 Å². The molecular weight excluding hydrogens is 252 g/mol. The molecule has 1 heterocycles. The predicted octanol–water partition coefficient (Wildman–Crippen LogP) is 3.58. The molecule has 20 heavy (non-hydrogen) atoms. The van der Waals surface area contributed by atoms with E-state index in [-0.39, 0.29) is 11.6 Å². The topological polar surface area (TPSA) is 38.8 Å². The van der Waals surface area contributed by atoms with Gasteiger partial charge in [0.15, 0.2) is 0 Å². The minimum atomic E-state index is -0.444. The molecule has 1 saturated carbocycles. The lowest BCUT2D eigenvalue weighted by atomic mass is 9.75. The van der Waals surface area contributed by atoms with Gasteiger partial charge in [0.05, 0.1) is 17.3 Å². The molecule has 3 nitrogen and oxygen atoms in total. The number of hydrogen-bond acceptors (Lipinski definition) is 3. The average molecular weight is 274 g/mol. The SMILES string of the molecule is CC(C)(OC(=O)c1ccccc1)[C@H]1CC[C@]2(C)O[C@@H]2C1. The van der Waals surface area contributed by atoms with Crippen LogP contribution in [0.1, 0.15) is 50.4 Å². The van der Waals surface area contributed by atoms with E-state index in [0.717, 1.165) is 19.3 Å². The Morgan fingerprint density at radius 1 is 1.35 bits per heavy atom. The summed E-state index contributed by atoms with van der Waals surface area (Å²) in [6, 6.07) is 9.19. The molecule has 1 aromatic rings. The summed E-state index contributed by atoms with van der Waals surface area (Å²) in [6.45, 7) is 6.21. The molecule has 1 aliphatic heterocycles. The molecule has 0 N–H and O–H groups in total. The molecule has 0 amide bonds. The van der Waals surface area contributed by atoms with E-state index in [0.29, 0.717) is 17.6 Å². The number of fused-ring (bicyclic) bond motifs is 1. The van der Waals surface area contributed by atoms with E-state index >= 15 is 0 Å². The molecule has 3 atom stereocenters. The number of esters is 1. The zero-order valence-electron chi connectivity index (χ0n) is 12.4. The summed E-state index contributed by atoms with van der Waals surface area (Å²) in [5.74, 6) is 0.136. The van der Waals surface area contributed by atoms with Crippen LogP contribution in [0.5, 0.6) is 0 Å². The van der Waals surface area contributed by atoms with Gasteiger partial charge in [-0.3, -0.25) is 0 Å². The van der Waals surface area contributed by atoms with Crippen LogP contribution in [0, 0.1) is 5.92 Å². The van der Waals surface area contributed by atoms with Crippen LogP contribution < -0.4 is 0 Å². The Morgan fingerprint density at radius 3 is 2.70 bits per heavy atom. The van der Waals surface area contributed by atoms with E-state index in [2.05, 4.69) is 6.92 Å². The highest BCUT2D eigenvalue weighted by Crippen LogP contribution is 2.51. The minimum Gasteiger partial charge on any atom is -0.456 e. The first-order chi connectivity index (χ1) is 9.41. The van der Waals surface area contributed by atoms with Crippen LogP contribution in [0.15, 0.2) is 30.3 Å². The third-order valence-electron chi connectivity index (χ3n) is 4.87. The monoisotopic (exact) mass is 274 g/mol. The fourth-order valence-electron chi connectivity index (χ4n) is 3.23. The van der Waals surface area contributed by atoms with Crippen molar-refractivity contribution in [3.8, 4) is 0 Å². The second kappa shape index (κ2) is 4.59. The van der Waals surface area contributed by atoms with Gasteiger partial charge in [0.2, 0.25) is 0 Å². The fourth-order valence-corrected chi connectivity index (χ4v) is 3.23. The molecule has 2 aliphatic rings. The van der Waals surface area contributed by atoms with Gasteiger partial charge in [-0.25, -0.2) is 4.79 Å². The molecule has 0 aromatic heterocycles. The smallest absolute Gasteiger partial charge is 0.338 e. The molecule has 0 bridgehead atoms. The van der Waals surface area contributed by atoms with Crippen molar-refractivity contribution in [2.45, 2.75) is 57.3 Å². The van der Waals surface area contributed by atoms with Crippen molar-refractivity contribution in [1.82, 2.24) is 0 Å². The first kappa shape index (κ1) is 13.6. The van der Waals surface area contributed by atoms with Gasteiger partial charge in [-0.2, -0.15) is 0 Å². The highest BCUT2D eigenvalue weighted by Gasteiger charge is 2.57. The van der Waals surface area contributed by atoms with Crippen LogP contribution >= 0.6 is 0 Å². The van der Waals surface area contributed by atoms with E-state index in [9.17, 15) is 4.79 Å². The van der Waals surface area contributed by atoms with Crippen molar-refractivity contribution in [2.75, 3.05) is 0 Å². The van der Waals surface area contributed by atoms with Gasteiger partial charge in [0.1, 0.15) is 5.60 Å². The Bertz CT molecular complexity index is 508. The van der Waals surface area contributed by atoms with Crippen molar-refractivity contribution in [3.63, 3.8) is 0 Å². The Hall–Kier alpha value is -1.35. The molecule has 3 rings (SSSR count). The standard InChI is InChI=1S/C17H22O3/c1-16(2,13-9-10-17(3)14(11-13)19-17)20-15(18)12-7-5-4-6-8-12/h4-8,13-14H,9-11H2,1-3H3/t13-,14+,17-/m0/s1. The number of carbonyl (C=O) groups is 1. The maximum absolute atomic E-state index is 12.2. The molecule has 0 radical (unpaired) electrons. The molecule has 1 saturated heterocycles. The van der Waals surface area contributed by atoms with Gasteiger partial charge < -0.3 is 9.47 Å². The quantitative estimate of drug-likeness (QED) is 0.624. The van der Waals surface area contributed by atoms with Crippen molar-refractivity contribution < 1.29 is 14.3 Å². The zero-order chi connectivity index (χ0) is 14.4. The summed E-state index contributed by atoms with van der Waals surface area (Å²) in [6.07, 6.45) is 3.47. The summed E-state index contributed by atoms with van der Waals surface area (Å²) in [5.41, 5.74) is 0.278. The first-order valence-electron chi connectivity index (χ1n) is 7.37. The van der Waals surface area contributed by atoms with Crippen LogP contribution in [0.4, 0.5) is 0 Å². The largest absolute Gasteiger partial charge is 0.456 e. The lowest BCUT2D eigenvalue weighted by Crippen LogP contribution is -2.40. The van der Waals surface area contributed by atoms with Crippen LogP contribution in [0.2, 0.25) is 0 Å². The van der Waals surface area contributed by atoms with Gasteiger partial charge in [0.25, 0.3) is 0 Å². The zero-order valence-corrected chi connectivity index (χ0v) is 12.4. The Kier molecular flexibility index (Phi) is 3.13. The number of ether oxygens (including phenoxy) is 2. The highest BCUT2D eigenvalue weighted by molar-refractivity contribution is 5.89. The van der Waals surface area contributed by atoms with Gasteiger partial charge >= 0.3 is 5.97 Å². The van der Waals surface area contributed by atoms with Gasteiger partial charge in [-0.15, -0.1) is 0 Å². The Balaban J connectivity index is 1.65. The van der Waals surface area contributed by atoms with Crippen molar-refractivity contribution >= 4 is 5.97 Å². The van der Waals surface area contributed by atoms with Gasteiger partial charge in [0, 0.05) is 5.92 Å². The van der Waals surface area contributed by atoms with E-state index in [1.165, 1.54) is 0 Å². The summed E-state index contributed by atoms with van der Waals surface area (Å²) in [7, 11) is 0. The summed E-state index contributed by atoms with van der Waals surface area (Å²) in [5, 5.41) is 0. The third-order valence-corrected chi connectivity index (χ3v) is 4.87. The van der Waals surface area contributed by atoms with Crippen LogP contribution in [-0.4, -0.2) is 23.3 Å². The van der Waals surface area contributed by atoms with Crippen molar-refractivity contribution in [2.24, 2.45) is 5.92 Å². The number of carbonyl (C=O) groups excluding carboxylic acids is 1. The minimum absolute atomic E-state index is 0.107. The second-order valence-corrected chi connectivity index (χ2v) is 6.75. The van der Waals surface area contributed by atoms with E-state index in [1.54, 1.807) is 12.1 Å². The molecule has 108 valence electrons. The van der Waals surface area contributed by atoms with Crippen LogP contribution in [-0.2, 0) is 9.47 Å². The number of hydrogen-bond donors (Lipinski definition) is 0. The highest BCUT2D eigenvalue weighted by atomic mass is 16.6. The third kappa shape index (κ3) is 2.47. The lowest BCUT2D eigenvalue weighted by molar-refractivity contribution is -0.0378. The maximum Gasteiger partial charge on any atom is 0.338 e. The summed E-state index contributed by atoms with van der Waals surface area (Å²) >= 11 is 0. The fraction of sp³-hybridized carbons (Fsp3) is 0.588. The molecule has 0 unspecified atom stereocenters. The molecule has 0 spiro atoms. The van der Waals surface area contributed by atoms with E-state index in [1.807, 2.05) is 32.0 Å². The molecular formula is C17H22O3. The Labute approximate surface area is 120 Å². The molecule has 3 heteroatoms. The van der Waals surface area contributed by atoms with E-state index < -0.39 is 5.60 Å². The average Bonchev–Trinajstić information content (AvgIpc) is 3.09. The number of epoxide rings is 1. The van der Waals surface area contributed by atoms with E-state index in [4.69, 9.17) is 9.47 Å². The maximum atomic E-state index is 12.2. The summed E-state index contributed by atoms with van der Waals surface area (Å²) < 4.78 is 11.5. The second-order valence-electron chi connectivity index (χ2n) is 6.75. The number of rotatable bonds is 3. The van der Waals surface area contributed by atoms with Crippen LogP contribution in [0.3, 0.4) is 0 Å². The van der Waals surface area contributed by atoms with Gasteiger partial charge in [-0.1, -0.05) is 18.2 Å². The Morgan fingerprint density at radius 2 is 2.05 bits per heavy atom. The van der Waals surface area contributed by atoms with Crippen molar-refractivity contribution in [1.29, 1.82) is 0 Å². The first-order valence-corrected chi connectivity index (χ1v) is 7.37. The summed E-state index contributed by atoms with van der Waals surface area (Å²) in [4.78, 5) is 12.2. The lowest BCUT2D eigenvalue weighted by Gasteiger charge is -2.36. The van der Waals surface area contributed by atoms with Crippen LogP contribution in [0.25, 0.3) is 0 Å².